The van der Waals surface area contributed by atoms with Gasteiger partial charge in [-0.25, -0.2) is 4.39 Å². The van der Waals surface area contributed by atoms with Crippen LogP contribution in [0.15, 0.2) is 42.5 Å². The molecule has 1 aromatic heterocycles. The van der Waals surface area contributed by atoms with Crippen molar-refractivity contribution in [1.29, 1.82) is 0 Å². The van der Waals surface area contributed by atoms with E-state index < -0.39 is 17.4 Å². The maximum atomic E-state index is 15.2. The number of benzene rings is 2. The maximum Gasteiger partial charge on any atom is 0.310 e. The lowest BCUT2D eigenvalue weighted by Crippen LogP contribution is -2.25. The highest BCUT2D eigenvalue weighted by Gasteiger charge is 2.26. The molecule has 0 amide bonds. The number of halogens is 1. The van der Waals surface area contributed by atoms with Crippen molar-refractivity contribution in [1.82, 2.24) is 4.57 Å². The number of carbonyl (C=O) groups is 2. The second kappa shape index (κ2) is 7.70. The third-order valence-electron chi connectivity index (χ3n) is 4.58. The van der Waals surface area contributed by atoms with E-state index in [2.05, 4.69) is 0 Å². The van der Waals surface area contributed by atoms with Gasteiger partial charge in [-0.2, -0.15) is 0 Å². The molecule has 0 N–H and O–H groups in total. The Morgan fingerprint density at radius 3 is 2.31 bits per heavy atom. The number of fused-ring (bicyclic) bond motifs is 1. The quantitative estimate of drug-likeness (QED) is 0.601. The molecular weight excluding hydrogens is 373 g/mol. The minimum atomic E-state index is -0.667. The Labute approximate surface area is 169 Å². The summed E-state index contributed by atoms with van der Waals surface area (Å²) >= 11 is 0. The van der Waals surface area contributed by atoms with Crippen molar-refractivity contribution in [2.45, 2.75) is 39.7 Å². The van der Waals surface area contributed by atoms with E-state index in [1.54, 1.807) is 58.0 Å². The number of ether oxygens (including phenoxy) is 2. The lowest BCUT2D eigenvalue weighted by atomic mass is 10.1. The van der Waals surface area contributed by atoms with Gasteiger partial charge in [0.1, 0.15) is 5.60 Å². The molecule has 0 aliphatic carbocycles. The number of carbonyl (C=O) groups excluding carboxylic acids is 2. The molecule has 3 aromatic rings. The molecule has 0 unspecified atom stereocenters. The Hall–Kier alpha value is -3.15. The van der Waals surface area contributed by atoms with Gasteiger partial charge in [0.05, 0.1) is 19.0 Å². The summed E-state index contributed by atoms with van der Waals surface area (Å²) in [6, 6.07) is 11.8. The molecule has 0 fully saturated rings. The number of methoxy groups -OCH3 is 1. The summed E-state index contributed by atoms with van der Waals surface area (Å²) in [5.74, 6) is -1.35. The van der Waals surface area contributed by atoms with Crippen LogP contribution in [0.1, 0.15) is 42.4 Å². The Balaban J connectivity index is 2.21. The van der Waals surface area contributed by atoms with Crippen molar-refractivity contribution in [3.63, 3.8) is 0 Å². The Bertz CT molecular complexity index is 1080. The van der Waals surface area contributed by atoms with Gasteiger partial charge in [-0.15, -0.1) is 0 Å². The van der Waals surface area contributed by atoms with E-state index in [1.807, 2.05) is 6.07 Å². The number of esters is 1. The molecular formula is C23H24FNO4. The Morgan fingerprint density at radius 1 is 1.07 bits per heavy atom. The molecule has 0 atom stereocenters. The summed E-state index contributed by atoms with van der Waals surface area (Å²) in [6.07, 6.45) is -0.154. The lowest BCUT2D eigenvalue weighted by molar-refractivity contribution is -0.153. The van der Waals surface area contributed by atoms with Gasteiger partial charge in [-0.1, -0.05) is 18.2 Å². The first-order valence-electron chi connectivity index (χ1n) is 9.32. The molecule has 3 rings (SSSR count). The zero-order chi connectivity index (χ0) is 21.3. The van der Waals surface area contributed by atoms with E-state index in [-0.39, 0.29) is 23.5 Å². The fraction of sp³-hybridized carbons (Fsp3) is 0.304. The SMILES string of the molecule is COc1ccc2c(c1F)c(CC(=O)OC(C)(C)C)c(C)n2C(=O)c1ccccc1. The minimum Gasteiger partial charge on any atom is -0.494 e. The van der Waals surface area contributed by atoms with Crippen molar-refractivity contribution >= 4 is 22.8 Å². The minimum absolute atomic E-state index is 0.0484. The summed E-state index contributed by atoms with van der Waals surface area (Å²) < 4.78 is 27.1. The fourth-order valence-electron chi connectivity index (χ4n) is 3.38. The van der Waals surface area contributed by atoms with E-state index in [4.69, 9.17) is 9.47 Å². The molecule has 0 saturated heterocycles. The summed E-state index contributed by atoms with van der Waals surface area (Å²) in [6.45, 7) is 7.00. The lowest BCUT2D eigenvalue weighted by Gasteiger charge is -2.19. The van der Waals surface area contributed by atoms with Crippen molar-refractivity contribution in [2.75, 3.05) is 7.11 Å². The third-order valence-corrected chi connectivity index (χ3v) is 4.58. The van der Waals surface area contributed by atoms with Gasteiger partial charge >= 0.3 is 5.97 Å². The molecule has 0 saturated carbocycles. The van der Waals surface area contributed by atoms with Gasteiger partial charge in [-0.3, -0.25) is 14.2 Å². The standard InChI is InChI=1S/C23H24FNO4/c1-14-16(13-19(26)29-23(2,3)4)20-17(11-12-18(28-5)21(20)24)25(14)22(27)15-9-7-6-8-10-15/h6-12H,13H2,1-5H3. The number of hydrogen-bond acceptors (Lipinski definition) is 4. The number of hydrogen-bond donors (Lipinski definition) is 0. The molecule has 2 aromatic carbocycles. The van der Waals surface area contributed by atoms with Gasteiger partial charge in [-0.05, 0) is 57.5 Å². The van der Waals surface area contributed by atoms with Gasteiger partial charge in [0.15, 0.2) is 11.6 Å². The molecule has 0 aliphatic rings. The van der Waals surface area contributed by atoms with E-state index >= 15 is 4.39 Å². The monoisotopic (exact) mass is 397 g/mol. The first-order chi connectivity index (χ1) is 13.6. The summed E-state index contributed by atoms with van der Waals surface area (Å²) in [5.41, 5.74) is 1.09. The van der Waals surface area contributed by atoms with E-state index in [0.717, 1.165) is 0 Å². The number of rotatable bonds is 4. The van der Waals surface area contributed by atoms with Crippen LogP contribution in [-0.2, 0) is 16.0 Å². The van der Waals surface area contributed by atoms with E-state index in [1.165, 1.54) is 17.7 Å². The third kappa shape index (κ3) is 4.01. The van der Waals surface area contributed by atoms with Crippen LogP contribution in [0.3, 0.4) is 0 Å². The zero-order valence-corrected chi connectivity index (χ0v) is 17.2. The van der Waals surface area contributed by atoms with Crippen LogP contribution in [-0.4, -0.2) is 29.2 Å². The fourth-order valence-corrected chi connectivity index (χ4v) is 3.38. The second-order valence-corrected chi connectivity index (χ2v) is 7.81. The predicted octanol–water partition coefficient (Wildman–Crippen LogP) is 4.67. The van der Waals surface area contributed by atoms with Crippen molar-refractivity contribution in [2.24, 2.45) is 0 Å². The van der Waals surface area contributed by atoms with Gasteiger partial charge < -0.3 is 9.47 Å². The maximum absolute atomic E-state index is 15.2. The first-order valence-corrected chi connectivity index (χ1v) is 9.32. The predicted molar refractivity (Wildman–Crippen MR) is 109 cm³/mol. The molecule has 5 nitrogen and oxygen atoms in total. The Morgan fingerprint density at radius 2 is 1.72 bits per heavy atom. The van der Waals surface area contributed by atoms with Crippen molar-refractivity contribution in [3.8, 4) is 5.75 Å². The van der Waals surface area contributed by atoms with E-state index in [9.17, 15) is 9.59 Å². The van der Waals surface area contributed by atoms with Crippen molar-refractivity contribution < 1.29 is 23.5 Å². The summed E-state index contributed by atoms with van der Waals surface area (Å²) in [4.78, 5) is 25.6. The van der Waals surface area contributed by atoms with Crippen LogP contribution in [0.4, 0.5) is 4.39 Å². The molecule has 0 bridgehead atoms. The molecule has 6 heteroatoms. The van der Waals surface area contributed by atoms with Crippen LogP contribution in [0.2, 0.25) is 0 Å². The molecule has 0 spiro atoms. The first kappa shape index (κ1) is 20.6. The Kier molecular flexibility index (Phi) is 5.46. The number of aromatic nitrogens is 1. The molecule has 152 valence electrons. The molecule has 0 aliphatic heterocycles. The highest BCUT2D eigenvalue weighted by molar-refractivity contribution is 6.05. The molecule has 0 radical (unpaired) electrons. The second-order valence-electron chi connectivity index (χ2n) is 7.81. The average molecular weight is 397 g/mol. The summed E-state index contributed by atoms with van der Waals surface area (Å²) in [5, 5.41) is 0.192. The molecule has 1 heterocycles. The van der Waals surface area contributed by atoms with Crippen molar-refractivity contribution in [3.05, 3.63) is 65.1 Å². The topological polar surface area (TPSA) is 57.5 Å². The van der Waals surface area contributed by atoms with Gasteiger partial charge in [0, 0.05) is 16.6 Å². The zero-order valence-electron chi connectivity index (χ0n) is 17.2. The highest BCUT2D eigenvalue weighted by atomic mass is 19.1. The van der Waals surface area contributed by atoms with Crippen LogP contribution in [0.25, 0.3) is 10.9 Å². The smallest absolute Gasteiger partial charge is 0.310 e. The van der Waals surface area contributed by atoms with Crippen LogP contribution < -0.4 is 4.74 Å². The highest BCUT2D eigenvalue weighted by Crippen LogP contribution is 2.34. The van der Waals surface area contributed by atoms with Crippen LogP contribution in [0, 0.1) is 12.7 Å². The largest absolute Gasteiger partial charge is 0.494 e. The average Bonchev–Trinajstić information content (AvgIpc) is 2.93. The van der Waals surface area contributed by atoms with Gasteiger partial charge in [0.2, 0.25) is 0 Å². The van der Waals surface area contributed by atoms with Gasteiger partial charge in [0.25, 0.3) is 5.91 Å². The molecule has 29 heavy (non-hydrogen) atoms. The normalized spacial score (nSPS) is 11.5. The van der Waals surface area contributed by atoms with Crippen LogP contribution in [0.5, 0.6) is 5.75 Å². The summed E-state index contributed by atoms with van der Waals surface area (Å²) in [7, 11) is 1.37. The number of nitrogens with zero attached hydrogens (tertiary/aromatic N) is 1. The van der Waals surface area contributed by atoms with E-state index in [0.29, 0.717) is 22.3 Å². The van der Waals surface area contributed by atoms with Crippen LogP contribution >= 0.6 is 0 Å².